The van der Waals surface area contributed by atoms with Gasteiger partial charge >= 0.3 is 6.03 Å². The highest BCUT2D eigenvalue weighted by Gasteiger charge is 2.33. The number of amides is 2. The zero-order valence-corrected chi connectivity index (χ0v) is 15.1. The van der Waals surface area contributed by atoms with Gasteiger partial charge in [0.15, 0.2) is 11.6 Å². The Kier molecular flexibility index (Phi) is 4.87. The molecule has 1 N–H and O–H groups in total. The summed E-state index contributed by atoms with van der Waals surface area (Å²) < 4.78 is 45.3. The first kappa shape index (κ1) is 18.8. The third kappa shape index (κ3) is 3.50. The highest BCUT2D eigenvalue weighted by atomic mass is 19.3. The number of hydrogen-bond acceptors (Lipinski definition) is 6. The molecule has 1 aliphatic rings. The number of hydrogen-bond donors (Lipinski definition) is 1. The van der Waals surface area contributed by atoms with E-state index in [1.807, 2.05) is 0 Å². The standard InChI is InChI=1S/C18H15F3N6O2/c1-9-7-12-10(15(29-26-12)17-23-4-2-5-24-17)8-27(9)18(28)25-11-3-6-22-14(13(11)19)16(20)21/h2-6,9,16H,7-8H2,1H3,(H,22,25,28)/t9-/m0/s1. The van der Waals surface area contributed by atoms with Crippen molar-refractivity contribution in [3.63, 3.8) is 0 Å². The van der Waals surface area contributed by atoms with E-state index in [2.05, 4.69) is 25.4 Å². The molecule has 2 amide bonds. The normalized spacial score (nSPS) is 16.0. The van der Waals surface area contributed by atoms with Crippen LogP contribution < -0.4 is 5.32 Å². The van der Waals surface area contributed by atoms with Crippen LogP contribution in [-0.4, -0.2) is 37.1 Å². The fourth-order valence-corrected chi connectivity index (χ4v) is 3.14. The molecule has 0 fully saturated rings. The minimum absolute atomic E-state index is 0.119. The number of anilines is 1. The first-order valence-corrected chi connectivity index (χ1v) is 8.70. The van der Waals surface area contributed by atoms with Crippen molar-refractivity contribution in [2.24, 2.45) is 0 Å². The Hall–Kier alpha value is -3.50. The van der Waals surface area contributed by atoms with Crippen LogP contribution in [0, 0.1) is 5.82 Å². The number of nitrogens with one attached hydrogen (secondary N) is 1. The molecule has 0 bridgehead atoms. The van der Waals surface area contributed by atoms with Crippen LogP contribution in [0.15, 0.2) is 35.2 Å². The topological polar surface area (TPSA) is 97.0 Å². The number of alkyl halides is 2. The number of carbonyl (C=O) groups excluding carboxylic acids is 1. The lowest BCUT2D eigenvalue weighted by atomic mass is 10.00. The monoisotopic (exact) mass is 404 g/mol. The van der Waals surface area contributed by atoms with Gasteiger partial charge in [-0.1, -0.05) is 5.16 Å². The van der Waals surface area contributed by atoms with Gasteiger partial charge in [0, 0.05) is 36.6 Å². The Balaban J connectivity index is 1.59. The number of carbonyl (C=O) groups is 1. The smallest absolute Gasteiger partial charge is 0.322 e. The fraction of sp³-hybridized carbons (Fsp3) is 0.278. The Morgan fingerprint density at radius 2 is 2.03 bits per heavy atom. The molecule has 1 aliphatic heterocycles. The van der Waals surface area contributed by atoms with E-state index < -0.39 is 24.0 Å². The van der Waals surface area contributed by atoms with Crippen molar-refractivity contribution in [1.82, 2.24) is 25.0 Å². The van der Waals surface area contributed by atoms with Crippen molar-refractivity contribution in [3.05, 3.63) is 53.5 Å². The van der Waals surface area contributed by atoms with E-state index in [0.717, 1.165) is 12.3 Å². The number of fused-ring (bicyclic) bond motifs is 1. The van der Waals surface area contributed by atoms with Gasteiger partial charge < -0.3 is 14.7 Å². The van der Waals surface area contributed by atoms with Gasteiger partial charge in [-0.05, 0) is 19.1 Å². The molecule has 0 aromatic carbocycles. The Bertz CT molecular complexity index is 1040. The first-order valence-electron chi connectivity index (χ1n) is 8.70. The number of nitrogens with zero attached hydrogens (tertiary/aromatic N) is 5. The average Bonchev–Trinajstić information content (AvgIpc) is 3.12. The molecular formula is C18H15F3N6O2. The minimum Gasteiger partial charge on any atom is -0.352 e. The maximum absolute atomic E-state index is 14.2. The van der Waals surface area contributed by atoms with E-state index >= 15 is 0 Å². The molecule has 4 heterocycles. The highest BCUT2D eigenvalue weighted by molar-refractivity contribution is 5.90. The van der Waals surface area contributed by atoms with E-state index in [1.165, 1.54) is 4.90 Å². The fourth-order valence-electron chi connectivity index (χ4n) is 3.14. The maximum Gasteiger partial charge on any atom is 0.322 e. The van der Waals surface area contributed by atoms with Crippen LogP contribution in [0.4, 0.5) is 23.7 Å². The van der Waals surface area contributed by atoms with Crippen LogP contribution in [0.3, 0.4) is 0 Å². The molecule has 29 heavy (non-hydrogen) atoms. The Morgan fingerprint density at radius 1 is 1.28 bits per heavy atom. The summed E-state index contributed by atoms with van der Waals surface area (Å²) in [6, 6.07) is 1.86. The molecule has 1 atom stereocenters. The van der Waals surface area contributed by atoms with Crippen molar-refractivity contribution in [1.29, 1.82) is 0 Å². The van der Waals surface area contributed by atoms with Gasteiger partial charge in [0.25, 0.3) is 6.43 Å². The minimum atomic E-state index is -3.09. The third-order valence-electron chi connectivity index (χ3n) is 4.61. The molecule has 150 valence electrons. The molecule has 4 rings (SSSR count). The van der Waals surface area contributed by atoms with Crippen LogP contribution in [0.2, 0.25) is 0 Å². The zero-order chi connectivity index (χ0) is 20.5. The molecule has 11 heteroatoms. The molecule has 3 aromatic rings. The van der Waals surface area contributed by atoms with Gasteiger partial charge in [0.1, 0.15) is 5.69 Å². The number of aromatic nitrogens is 4. The summed E-state index contributed by atoms with van der Waals surface area (Å²) in [5, 5.41) is 6.39. The SMILES string of the molecule is C[C@H]1Cc2noc(-c3ncccn3)c2CN1C(=O)Nc1ccnc(C(F)F)c1F. The van der Waals surface area contributed by atoms with E-state index in [4.69, 9.17) is 4.52 Å². The van der Waals surface area contributed by atoms with Crippen molar-refractivity contribution >= 4 is 11.7 Å². The summed E-state index contributed by atoms with van der Waals surface area (Å²) in [6.07, 6.45) is 1.44. The zero-order valence-electron chi connectivity index (χ0n) is 15.1. The molecule has 8 nitrogen and oxygen atoms in total. The number of halogens is 3. The molecule has 3 aromatic heterocycles. The summed E-state index contributed by atoms with van der Waals surface area (Å²) >= 11 is 0. The molecule has 0 spiro atoms. The van der Waals surface area contributed by atoms with Gasteiger partial charge in [0.05, 0.1) is 17.9 Å². The van der Waals surface area contributed by atoms with Crippen LogP contribution in [0.25, 0.3) is 11.6 Å². The molecule has 0 aliphatic carbocycles. The quantitative estimate of drug-likeness (QED) is 0.717. The summed E-state index contributed by atoms with van der Waals surface area (Å²) in [6.45, 7) is 1.91. The van der Waals surface area contributed by atoms with Crippen molar-refractivity contribution in [3.8, 4) is 11.6 Å². The molecule has 0 saturated heterocycles. The van der Waals surface area contributed by atoms with Crippen molar-refractivity contribution < 1.29 is 22.5 Å². The van der Waals surface area contributed by atoms with Crippen molar-refractivity contribution in [2.45, 2.75) is 32.4 Å². The summed E-state index contributed by atoms with van der Waals surface area (Å²) in [5.41, 5.74) is -0.0541. The summed E-state index contributed by atoms with van der Waals surface area (Å²) in [4.78, 5) is 25.8. The molecule has 0 saturated carbocycles. The second kappa shape index (κ2) is 7.49. The Labute approximate surface area is 162 Å². The van der Waals surface area contributed by atoms with Crippen LogP contribution in [0.5, 0.6) is 0 Å². The van der Waals surface area contributed by atoms with E-state index in [-0.39, 0.29) is 18.3 Å². The average molecular weight is 404 g/mol. The van der Waals surface area contributed by atoms with Crippen LogP contribution in [0.1, 0.15) is 30.3 Å². The van der Waals surface area contributed by atoms with Crippen LogP contribution in [-0.2, 0) is 13.0 Å². The summed E-state index contributed by atoms with van der Waals surface area (Å²) in [5.74, 6) is -0.581. The predicted octanol–water partition coefficient (Wildman–Crippen LogP) is 3.58. The highest BCUT2D eigenvalue weighted by Crippen LogP contribution is 2.31. The molecule has 0 unspecified atom stereocenters. The third-order valence-corrected chi connectivity index (χ3v) is 4.61. The first-order chi connectivity index (χ1) is 14.0. The van der Waals surface area contributed by atoms with Gasteiger partial charge in [-0.25, -0.2) is 27.9 Å². The van der Waals surface area contributed by atoms with Gasteiger partial charge in [-0.2, -0.15) is 0 Å². The number of urea groups is 1. The maximum atomic E-state index is 14.2. The Morgan fingerprint density at radius 3 is 2.76 bits per heavy atom. The molecular weight excluding hydrogens is 389 g/mol. The van der Waals surface area contributed by atoms with Gasteiger partial charge in [-0.15, -0.1) is 0 Å². The van der Waals surface area contributed by atoms with Crippen LogP contribution >= 0.6 is 0 Å². The lowest BCUT2D eigenvalue weighted by molar-refractivity contribution is 0.140. The second-order valence-electron chi connectivity index (χ2n) is 6.48. The van der Waals surface area contributed by atoms with Crippen molar-refractivity contribution in [2.75, 3.05) is 5.32 Å². The summed E-state index contributed by atoms with van der Waals surface area (Å²) in [7, 11) is 0. The van der Waals surface area contributed by atoms with E-state index in [0.29, 0.717) is 29.3 Å². The van der Waals surface area contributed by atoms with E-state index in [1.54, 1.807) is 25.4 Å². The molecule has 0 radical (unpaired) electrons. The van der Waals surface area contributed by atoms with E-state index in [9.17, 15) is 18.0 Å². The predicted molar refractivity (Wildman–Crippen MR) is 94.4 cm³/mol. The van der Waals surface area contributed by atoms with Gasteiger partial charge in [0.2, 0.25) is 5.76 Å². The van der Waals surface area contributed by atoms with Gasteiger partial charge in [-0.3, -0.25) is 4.98 Å². The lowest BCUT2D eigenvalue weighted by Gasteiger charge is -2.32. The largest absolute Gasteiger partial charge is 0.352 e. The number of rotatable bonds is 3. The lowest BCUT2D eigenvalue weighted by Crippen LogP contribution is -2.45. The second-order valence-corrected chi connectivity index (χ2v) is 6.48. The number of pyridine rings is 1.